The molecule has 0 aromatic heterocycles. The number of rotatable bonds is 6. The Labute approximate surface area is 201 Å². The molecule has 0 radical (unpaired) electrons. The van der Waals surface area contributed by atoms with Crippen LogP contribution in [0.15, 0.2) is 36.4 Å². The lowest BCUT2D eigenvalue weighted by Gasteiger charge is -2.37. The van der Waals surface area contributed by atoms with E-state index in [0.29, 0.717) is 43.9 Å². The Morgan fingerprint density at radius 1 is 1.06 bits per heavy atom. The first-order chi connectivity index (χ1) is 15.9. The summed E-state index contributed by atoms with van der Waals surface area (Å²) in [6, 6.07) is 10.5. The molecule has 7 nitrogen and oxygen atoms in total. The summed E-state index contributed by atoms with van der Waals surface area (Å²) in [4.78, 5) is 27.9. The van der Waals surface area contributed by atoms with E-state index in [1.807, 2.05) is 45.9 Å². The van der Waals surface area contributed by atoms with Crippen molar-refractivity contribution in [3.8, 4) is 0 Å². The Bertz CT molecular complexity index is 1040. The third-order valence-electron chi connectivity index (χ3n) is 5.90. The van der Waals surface area contributed by atoms with Crippen molar-refractivity contribution in [2.75, 3.05) is 38.0 Å². The number of halogens is 1. The van der Waals surface area contributed by atoms with Crippen LogP contribution in [-0.4, -0.2) is 60.1 Å². The molecule has 3 rings (SSSR count). The molecule has 1 saturated heterocycles. The number of aryl methyl sites for hydroxylation is 2. The summed E-state index contributed by atoms with van der Waals surface area (Å²) in [6.45, 7) is 12.3. The van der Waals surface area contributed by atoms with Crippen molar-refractivity contribution in [2.24, 2.45) is 5.73 Å². The number of nitrogens with one attached hydrogen (secondary N) is 1. The summed E-state index contributed by atoms with van der Waals surface area (Å²) in [7, 11) is 0. The molecule has 0 spiro atoms. The Kier molecular flexibility index (Phi) is 7.82. The predicted octanol–water partition coefficient (Wildman–Crippen LogP) is 4.25. The molecule has 2 aromatic rings. The Morgan fingerprint density at radius 3 is 2.29 bits per heavy atom. The molecule has 8 heteroatoms. The number of piperazine rings is 1. The second-order valence-electron chi connectivity index (χ2n) is 9.87. The maximum atomic E-state index is 14.4. The van der Waals surface area contributed by atoms with E-state index in [1.54, 1.807) is 30.0 Å². The van der Waals surface area contributed by atoms with Gasteiger partial charge in [-0.05, 0) is 75.6 Å². The molecule has 34 heavy (non-hydrogen) atoms. The lowest BCUT2D eigenvalue weighted by molar-refractivity contribution is 0.0142. The minimum atomic E-state index is -0.527. The third kappa shape index (κ3) is 6.70. The van der Waals surface area contributed by atoms with Crippen LogP contribution in [0.3, 0.4) is 0 Å². The monoisotopic (exact) mass is 470 g/mol. The number of carbonyl (C=O) groups is 2. The van der Waals surface area contributed by atoms with Gasteiger partial charge in [0.15, 0.2) is 0 Å². The van der Waals surface area contributed by atoms with Crippen LogP contribution in [0.1, 0.15) is 53.9 Å². The normalized spacial score (nSPS) is 15.6. The topological polar surface area (TPSA) is 87.9 Å². The number of anilines is 1. The van der Waals surface area contributed by atoms with Gasteiger partial charge in [-0.1, -0.05) is 12.1 Å². The number of hydrogen-bond acceptors (Lipinski definition) is 5. The molecule has 1 unspecified atom stereocenters. The number of amides is 2. The summed E-state index contributed by atoms with van der Waals surface area (Å²) < 4.78 is 19.9. The van der Waals surface area contributed by atoms with Crippen molar-refractivity contribution >= 4 is 17.7 Å². The van der Waals surface area contributed by atoms with Crippen LogP contribution in [-0.2, 0) is 4.74 Å². The van der Waals surface area contributed by atoms with Crippen LogP contribution in [0, 0.1) is 19.7 Å². The molecule has 1 atom stereocenters. The second kappa shape index (κ2) is 10.4. The molecule has 1 aliphatic heterocycles. The quantitative estimate of drug-likeness (QED) is 0.659. The zero-order valence-corrected chi connectivity index (χ0v) is 20.7. The average Bonchev–Trinajstić information content (AvgIpc) is 2.74. The number of primary amides is 1. The van der Waals surface area contributed by atoms with Crippen LogP contribution >= 0.6 is 0 Å². The van der Waals surface area contributed by atoms with E-state index in [4.69, 9.17) is 10.5 Å². The lowest BCUT2D eigenvalue weighted by atomic mass is 10.0. The molecule has 1 heterocycles. The van der Waals surface area contributed by atoms with Crippen LogP contribution < -0.4 is 11.1 Å². The predicted molar refractivity (Wildman–Crippen MR) is 131 cm³/mol. The summed E-state index contributed by atoms with van der Waals surface area (Å²) >= 11 is 0. The van der Waals surface area contributed by atoms with Crippen molar-refractivity contribution in [1.82, 2.24) is 9.80 Å². The SMILES string of the molecule is Cc1ccc(C(CN2CCN(C(=O)OC(C)(C)C)CC2)Nc2ccc(C(N)=O)c(C)c2)cc1F. The molecular formula is C26H35FN4O3. The highest BCUT2D eigenvalue weighted by atomic mass is 19.1. The minimum absolute atomic E-state index is 0.193. The molecule has 1 aliphatic rings. The number of ether oxygens (including phenoxy) is 1. The van der Waals surface area contributed by atoms with Gasteiger partial charge < -0.3 is 20.7 Å². The largest absolute Gasteiger partial charge is 0.444 e. The van der Waals surface area contributed by atoms with Crippen molar-refractivity contribution < 1.29 is 18.7 Å². The smallest absolute Gasteiger partial charge is 0.410 e. The maximum Gasteiger partial charge on any atom is 0.410 e. The first kappa shape index (κ1) is 25.5. The fourth-order valence-corrected chi connectivity index (χ4v) is 3.99. The first-order valence-corrected chi connectivity index (χ1v) is 11.6. The van der Waals surface area contributed by atoms with Crippen LogP contribution in [0.2, 0.25) is 0 Å². The number of nitrogens with zero attached hydrogens (tertiary/aromatic N) is 2. The van der Waals surface area contributed by atoms with E-state index >= 15 is 0 Å². The van der Waals surface area contributed by atoms with E-state index in [1.165, 1.54) is 0 Å². The fourth-order valence-electron chi connectivity index (χ4n) is 3.99. The van der Waals surface area contributed by atoms with Gasteiger partial charge in [-0.15, -0.1) is 0 Å². The number of carbonyl (C=O) groups excluding carboxylic acids is 2. The maximum absolute atomic E-state index is 14.4. The molecule has 0 bridgehead atoms. The average molecular weight is 471 g/mol. The van der Waals surface area contributed by atoms with E-state index < -0.39 is 11.5 Å². The molecule has 3 N–H and O–H groups in total. The highest BCUT2D eigenvalue weighted by molar-refractivity contribution is 5.94. The van der Waals surface area contributed by atoms with Crippen LogP contribution in [0.25, 0.3) is 0 Å². The highest BCUT2D eigenvalue weighted by Crippen LogP contribution is 2.25. The second-order valence-corrected chi connectivity index (χ2v) is 9.87. The van der Waals surface area contributed by atoms with Gasteiger partial charge in [0.1, 0.15) is 11.4 Å². The zero-order valence-electron chi connectivity index (χ0n) is 20.7. The Morgan fingerprint density at radius 2 is 1.74 bits per heavy atom. The van der Waals surface area contributed by atoms with Crippen LogP contribution in [0.4, 0.5) is 14.9 Å². The van der Waals surface area contributed by atoms with Gasteiger partial charge in [0.05, 0.1) is 6.04 Å². The van der Waals surface area contributed by atoms with Crippen molar-refractivity contribution in [3.63, 3.8) is 0 Å². The van der Waals surface area contributed by atoms with Crippen molar-refractivity contribution in [3.05, 3.63) is 64.5 Å². The van der Waals surface area contributed by atoms with Gasteiger partial charge in [0.2, 0.25) is 5.91 Å². The summed E-state index contributed by atoms with van der Waals surface area (Å²) in [6.07, 6.45) is -0.299. The van der Waals surface area contributed by atoms with E-state index in [2.05, 4.69) is 10.2 Å². The fraction of sp³-hybridized carbons (Fsp3) is 0.462. The van der Waals surface area contributed by atoms with E-state index in [-0.39, 0.29) is 18.0 Å². The first-order valence-electron chi connectivity index (χ1n) is 11.6. The van der Waals surface area contributed by atoms with Gasteiger partial charge in [-0.2, -0.15) is 0 Å². The molecule has 0 saturated carbocycles. The Balaban J connectivity index is 1.74. The van der Waals surface area contributed by atoms with Gasteiger partial charge in [-0.3, -0.25) is 9.69 Å². The molecular weight excluding hydrogens is 435 g/mol. The zero-order chi connectivity index (χ0) is 25.0. The number of nitrogens with two attached hydrogens (primary N) is 1. The van der Waals surface area contributed by atoms with Crippen molar-refractivity contribution in [1.29, 1.82) is 0 Å². The van der Waals surface area contributed by atoms with Crippen LogP contribution in [0.5, 0.6) is 0 Å². The summed E-state index contributed by atoms with van der Waals surface area (Å²) in [5.74, 6) is -0.719. The van der Waals surface area contributed by atoms with E-state index in [9.17, 15) is 14.0 Å². The third-order valence-corrected chi connectivity index (χ3v) is 5.90. The molecule has 2 aromatic carbocycles. The number of hydrogen-bond donors (Lipinski definition) is 2. The summed E-state index contributed by atoms with van der Waals surface area (Å²) in [5.41, 5.74) is 8.40. The Hall–Kier alpha value is -3.13. The lowest BCUT2D eigenvalue weighted by Crippen LogP contribution is -2.51. The van der Waals surface area contributed by atoms with E-state index in [0.717, 1.165) is 16.8 Å². The molecule has 0 aliphatic carbocycles. The van der Waals surface area contributed by atoms with Gasteiger partial charge in [0.25, 0.3) is 0 Å². The molecule has 184 valence electrons. The molecule has 1 fully saturated rings. The van der Waals surface area contributed by atoms with Gasteiger partial charge in [0, 0.05) is 44.0 Å². The van der Waals surface area contributed by atoms with Gasteiger partial charge >= 0.3 is 6.09 Å². The molecule has 2 amide bonds. The highest BCUT2D eigenvalue weighted by Gasteiger charge is 2.27. The van der Waals surface area contributed by atoms with Gasteiger partial charge in [-0.25, -0.2) is 9.18 Å². The number of benzene rings is 2. The standard InChI is InChI=1S/C26H35FN4O3/c1-17-6-7-19(15-22(17)27)23(29-20-8-9-21(24(28)32)18(2)14-20)16-30-10-12-31(13-11-30)25(33)34-26(3,4)5/h6-9,14-15,23,29H,10-13,16H2,1-5H3,(H2,28,32). The summed E-state index contributed by atoms with van der Waals surface area (Å²) in [5, 5.41) is 3.50. The van der Waals surface area contributed by atoms with Crippen molar-refractivity contribution in [2.45, 2.75) is 46.3 Å². The minimum Gasteiger partial charge on any atom is -0.444 e.